The first-order chi connectivity index (χ1) is 16.4. The summed E-state index contributed by atoms with van der Waals surface area (Å²) in [6.45, 7) is 18.5. The van der Waals surface area contributed by atoms with Crippen molar-refractivity contribution in [3.63, 3.8) is 0 Å². The van der Waals surface area contributed by atoms with Gasteiger partial charge in [-0.2, -0.15) is 5.26 Å². The van der Waals surface area contributed by atoms with Crippen LogP contribution in [0.2, 0.25) is 25.7 Å². The van der Waals surface area contributed by atoms with Gasteiger partial charge in [0.1, 0.15) is 12.8 Å². The summed E-state index contributed by atoms with van der Waals surface area (Å²) in [5.74, 6) is 0.171. The van der Waals surface area contributed by atoms with Crippen LogP contribution in [0.3, 0.4) is 0 Å². The molecule has 0 spiro atoms. The van der Waals surface area contributed by atoms with E-state index in [0.717, 1.165) is 47.6 Å². The Morgan fingerprint density at radius 3 is 2.66 bits per heavy atom. The zero-order valence-electron chi connectivity index (χ0n) is 22.2. The Morgan fingerprint density at radius 1 is 1.31 bits per heavy atom. The molecule has 0 saturated carbocycles. The van der Waals surface area contributed by atoms with Crippen molar-refractivity contribution in [2.45, 2.75) is 78.9 Å². The van der Waals surface area contributed by atoms with Gasteiger partial charge >= 0.3 is 0 Å². The van der Waals surface area contributed by atoms with Crippen molar-refractivity contribution >= 4 is 25.0 Å². The molecule has 0 radical (unpaired) electrons. The van der Waals surface area contributed by atoms with Gasteiger partial charge in [-0.3, -0.25) is 4.79 Å². The highest BCUT2D eigenvalue weighted by atomic mass is 28.3. The highest BCUT2D eigenvalue weighted by molar-refractivity contribution is 6.76. The Bertz CT molecular complexity index is 1180. The number of nitrogens with zero attached hydrogens (tertiary/aromatic N) is 3. The summed E-state index contributed by atoms with van der Waals surface area (Å²) in [5.41, 5.74) is 6.04. The third-order valence-electron chi connectivity index (χ3n) is 6.64. The molecule has 0 saturated heterocycles. The van der Waals surface area contributed by atoms with E-state index in [2.05, 4.69) is 63.3 Å². The van der Waals surface area contributed by atoms with Crippen LogP contribution in [0.4, 0.5) is 0 Å². The largest absolute Gasteiger partial charge is 0.361 e. The second-order valence-corrected chi connectivity index (χ2v) is 17.4. The highest BCUT2D eigenvalue weighted by Crippen LogP contribution is 2.39. The molecule has 3 rings (SSSR count). The normalized spacial score (nSPS) is 15.4. The smallest absolute Gasteiger partial charge is 0.202 e. The molecule has 35 heavy (non-hydrogen) atoms. The first-order valence-electron chi connectivity index (χ1n) is 12.4. The van der Waals surface area contributed by atoms with Crippen molar-refractivity contribution < 1.29 is 9.53 Å². The van der Waals surface area contributed by atoms with Gasteiger partial charge in [-0.15, -0.1) is 0 Å². The summed E-state index contributed by atoms with van der Waals surface area (Å²) in [5, 5.41) is 9.38. The number of benzene rings is 1. The number of carbonyl (C=O) groups excluding carboxylic acids is 1. The summed E-state index contributed by atoms with van der Waals surface area (Å²) in [7, 11) is -1.21. The average molecular weight is 490 g/mol. The topological polar surface area (TPSA) is 67.9 Å². The molecule has 0 atom stereocenters. The molecule has 1 aliphatic rings. The van der Waals surface area contributed by atoms with Gasteiger partial charge in [0.25, 0.3) is 0 Å². The number of imidazole rings is 1. The minimum Gasteiger partial charge on any atom is -0.361 e. The fourth-order valence-corrected chi connectivity index (χ4v) is 4.96. The van der Waals surface area contributed by atoms with Crippen LogP contribution in [-0.4, -0.2) is 30.0 Å². The number of aromatic nitrogens is 2. The minimum atomic E-state index is -1.21. The van der Waals surface area contributed by atoms with Crippen molar-refractivity contribution in [1.29, 1.82) is 5.26 Å². The Morgan fingerprint density at radius 2 is 2.06 bits per heavy atom. The molecule has 0 fully saturated rings. The van der Waals surface area contributed by atoms with Crippen molar-refractivity contribution in [3.05, 3.63) is 65.3 Å². The number of ether oxygens (including phenoxy) is 1. The van der Waals surface area contributed by atoms with Crippen LogP contribution < -0.4 is 0 Å². The van der Waals surface area contributed by atoms with E-state index in [1.54, 1.807) is 10.8 Å². The first-order valence-corrected chi connectivity index (χ1v) is 16.2. The average Bonchev–Trinajstić information content (AvgIpc) is 3.20. The molecule has 1 aromatic heterocycles. The van der Waals surface area contributed by atoms with Crippen molar-refractivity contribution in [1.82, 2.24) is 9.55 Å². The van der Waals surface area contributed by atoms with Crippen LogP contribution in [0.25, 0.3) is 11.1 Å². The Labute approximate surface area is 211 Å². The predicted molar refractivity (Wildman–Crippen MR) is 146 cm³/mol. The van der Waals surface area contributed by atoms with Crippen LogP contribution >= 0.6 is 0 Å². The maximum Gasteiger partial charge on any atom is 0.202 e. The lowest BCUT2D eigenvalue weighted by atomic mass is 9.76. The molecule has 0 aliphatic heterocycles. The quantitative estimate of drug-likeness (QED) is 0.202. The molecule has 1 aromatic carbocycles. The molecule has 6 heteroatoms. The number of carbonyl (C=O) groups is 1. The summed E-state index contributed by atoms with van der Waals surface area (Å²) in [6.07, 6.45) is 7.30. The summed E-state index contributed by atoms with van der Waals surface area (Å²) in [4.78, 5) is 17.7. The van der Waals surface area contributed by atoms with Crippen LogP contribution in [0.5, 0.6) is 0 Å². The molecule has 1 heterocycles. The van der Waals surface area contributed by atoms with Gasteiger partial charge in [-0.1, -0.05) is 63.8 Å². The SMILES string of the molecule is C=C(C)c1ccc(CC(=O)c2nc(C#N)cn2COCC[Si](C)(C)C)c(C2=CCC(C)(C)CC2)c1. The number of rotatable bonds is 10. The van der Waals surface area contributed by atoms with E-state index < -0.39 is 8.07 Å². The molecule has 0 unspecified atom stereocenters. The van der Waals surface area contributed by atoms with Gasteiger partial charge in [-0.05, 0) is 66.0 Å². The lowest BCUT2D eigenvalue weighted by molar-refractivity contribution is 0.0799. The molecule has 0 N–H and O–H groups in total. The van der Waals surface area contributed by atoms with Crippen LogP contribution in [0.1, 0.15) is 73.0 Å². The number of Topliss-reactive ketones (excluding diaryl/α,β-unsaturated/α-hetero) is 1. The fourth-order valence-electron chi connectivity index (χ4n) is 4.20. The molecule has 0 amide bonds. The van der Waals surface area contributed by atoms with Crippen LogP contribution in [0.15, 0.2) is 37.1 Å². The zero-order chi connectivity index (χ0) is 25.8. The molecular weight excluding hydrogens is 450 g/mol. The van der Waals surface area contributed by atoms with E-state index in [-0.39, 0.29) is 30.5 Å². The Kier molecular flexibility index (Phi) is 8.35. The molecule has 5 nitrogen and oxygen atoms in total. The van der Waals surface area contributed by atoms with Crippen molar-refractivity contribution in [2.24, 2.45) is 5.41 Å². The molecule has 186 valence electrons. The zero-order valence-corrected chi connectivity index (χ0v) is 23.2. The van der Waals surface area contributed by atoms with E-state index >= 15 is 0 Å². The van der Waals surface area contributed by atoms with Gasteiger partial charge in [0, 0.05) is 27.3 Å². The molecule has 1 aliphatic carbocycles. The summed E-state index contributed by atoms with van der Waals surface area (Å²) in [6, 6.07) is 9.35. The van der Waals surface area contributed by atoms with Gasteiger partial charge < -0.3 is 9.30 Å². The van der Waals surface area contributed by atoms with Gasteiger partial charge in [0.05, 0.1) is 0 Å². The lowest BCUT2D eigenvalue weighted by Gasteiger charge is -2.29. The molecule has 0 bridgehead atoms. The van der Waals surface area contributed by atoms with E-state index in [0.29, 0.717) is 12.0 Å². The van der Waals surface area contributed by atoms with E-state index in [4.69, 9.17) is 4.74 Å². The maximum absolute atomic E-state index is 13.4. The van der Waals surface area contributed by atoms with Gasteiger partial charge in [0.2, 0.25) is 5.78 Å². The monoisotopic (exact) mass is 489 g/mol. The van der Waals surface area contributed by atoms with Crippen molar-refractivity contribution in [3.8, 4) is 6.07 Å². The predicted octanol–water partition coefficient (Wildman–Crippen LogP) is 7.12. The third-order valence-corrected chi connectivity index (χ3v) is 8.34. The lowest BCUT2D eigenvalue weighted by Crippen LogP contribution is -2.22. The fraction of sp³-hybridized carbons (Fsp3) is 0.483. The Balaban J connectivity index is 1.86. The number of nitriles is 1. The van der Waals surface area contributed by atoms with Gasteiger partial charge in [0.15, 0.2) is 11.5 Å². The summed E-state index contributed by atoms with van der Waals surface area (Å²) < 4.78 is 7.53. The minimum absolute atomic E-state index is 0.110. The second kappa shape index (κ2) is 10.9. The number of hydrogen-bond donors (Lipinski definition) is 0. The number of hydrogen-bond acceptors (Lipinski definition) is 4. The number of allylic oxidation sites excluding steroid dienone is 3. The van der Waals surface area contributed by atoms with Crippen LogP contribution in [-0.2, 0) is 17.9 Å². The van der Waals surface area contributed by atoms with E-state index in [1.807, 2.05) is 19.1 Å². The maximum atomic E-state index is 13.4. The molecule has 2 aromatic rings. The third kappa shape index (κ3) is 7.36. The number of ketones is 1. The van der Waals surface area contributed by atoms with E-state index in [9.17, 15) is 10.1 Å². The van der Waals surface area contributed by atoms with Crippen molar-refractivity contribution in [2.75, 3.05) is 6.61 Å². The van der Waals surface area contributed by atoms with Gasteiger partial charge in [-0.25, -0.2) is 4.98 Å². The van der Waals surface area contributed by atoms with Crippen LogP contribution in [0, 0.1) is 16.7 Å². The standard InChI is InChI=1S/C29H39N3O2Si/c1-21(2)23-8-9-24(26(16-23)22-10-12-29(3,4)13-11-22)17-27(33)28-31-25(18-30)19-32(28)20-34-14-15-35(5,6)7/h8-10,16,19H,1,11-15,17,20H2,2-7H3. The first kappa shape index (κ1) is 26.8. The van der Waals surface area contributed by atoms with E-state index in [1.165, 1.54) is 5.57 Å². The second-order valence-electron chi connectivity index (χ2n) is 11.7. The highest BCUT2D eigenvalue weighted by Gasteiger charge is 2.25. The Hall–Kier alpha value is -2.75. The summed E-state index contributed by atoms with van der Waals surface area (Å²) >= 11 is 0. The molecular formula is C29H39N3O2Si.